The van der Waals surface area contributed by atoms with Crippen molar-refractivity contribution in [1.82, 2.24) is 0 Å². The van der Waals surface area contributed by atoms with Gasteiger partial charge in [-0.25, -0.2) is 4.79 Å². The van der Waals surface area contributed by atoms with Gasteiger partial charge in [-0.15, -0.1) is 0 Å². The van der Waals surface area contributed by atoms with Crippen LogP contribution in [-0.4, -0.2) is 28.1 Å². The SMILES string of the molecule is CCCC(Oc1ccc(C(C)=O)c(O)c1)C(=O)O. The number of carbonyl (C=O) groups excluding carboxylic acids is 1. The molecule has 0 amide bonds. The fourth-order valence-corrected chi connectivity index (χ4v) is 1.54. The van der Waals surface area contributed by atoms with E-state index in [0.29, 0.717) is 12.8 Å². The average molecular weight is 252 g/mol. The number of ether oxygens (including phenoxy) is 1. The predicted octanol–water partition coefficient (Wildman–Crippen LogP) is 2.23. The number of phenolic OH excluding ortho intramolecular Hbond substituents is 1. The minimum Gasteiger partial charge on any atom is -0.507 e. The maximum atomic E-state index is 11.1. The van der Waals surface area contributed by atoms with Crippen LogP contribution in [0.25, 0.3) is 0 Å². The Morgan fingerprint density at radius 3 is 2.50 bits per heavy atom. The first-order chi connectivity index (χ1) is 8.45. The zero-order valence-corrected chi connectivity index (χ0v) is 10.3. The Labute approximate surface area is 105 Å². The molecule has 0 heterocycles. The van der Waals surface area contributed by atoms with E-state index in [9.17, 15) is 14.7 Å². The van der Waals surface area contributed by atoms with E-state index in [1.165, 1.54) is 25.1 Å². The highest BCUT2D eigenvalue weighted by Crippen LogP contribution is 2.25. The summed E-state index contributed by atoms with van der Waals surface area (Å²) in [7, 11) is 0. The van der Waals surface area contributed by atoms with Crippen LogP contribution in [0, 0.1) is 0 Å². The standard InChI is InChI=1S/C13H16O5/c1-3-4-12(13(16)17)18-9-5-6-10(8(2)14)11(15)7-9/h5-7,12,15H,3-4H2,1-2H3,(H,16,17). The molecule has 0 aliphatic carbocycles. The smallest absolute Gasteiger partial charge is 0.344 e. The molecule has 18 heavy (non-hydrogen) atoms. The van der Waals surface area contributed by atoms with Crippen molar-refractivity contribution in [2.24, 2.45) is 0 Å². The van der Waals surface area contributed by atoms with E-state index in [4.69, 9.17) is 9.84 Å². The van der Waals surface area contributed by atoms with Gasteiger partial charge in [0.1, 0.15) is 11.5 Å². The Balaban J connectivity index is 2.88. The Hall–Kier alpha value is -2.04. The first-order valence-corrected chi connectivity index (χ1v) is 5.69. The van der Waals surface area contributed by atoms with E-state index in [1.807, 2.05) is 6.92 Å². The highest BCUT2D eigenvalue weighted by Gasteiger charge is 2.19. The molecule has 1 aromatic rings. The molecule has 0 fully saturated rings. The lowest BCUT2D eigenvalue weighted by molar-refractivity contribution is -0.145. The Bertz CT molecular complexity index is 453. The zero-order valence-electron chi connectivity index (χ0n) is 10.3. The van der Waals surface area contributed by atoms with Gasteiger partial charge in [0.2, 0.25) is 0 Å². The molecule has 98 valence electrons. The molecular formula is C13H16O5. The normalized spacial score (nSPS) is 11.9. The van der Waals surface area contributed by atoms with Gasteiger partial charge in [-0.1, -0.05) is 13.3 Å². The maximum absolute atomic E-state index is 11.1. The summed E-state index contributed by atoms with van der Waals surface area (Å²) in [5.41, 5.74) is 0.185. The Morgan fingerprint density at radius 1 is 1.39 bits per heavy atom. The van der Waals surface area contributed by atoms with Crippen LogP contribution in [0.1, 0.15) is 37.0 Å². The number of aliphatic carboxylic acids is 1. The molecule has 0 aliphatic rings. The number of hydrogen-bond donors (Lipinski definition) is 2. The summed E-state index contributed by atoms with van der Waals surface area (Å²) < 4.78 is 5.26. The molecule has 0 radical (unpaired) electrons. The van der Waals surface area contributed by atoms with Crippen molar-refractivity contribution < 1.29 is 24.5 Å². The maximum Gasteiger partial charge on any atom is 0.344 e. The van der Waals surface area contributed by atoms with E-state index in [-0.39, 0.29) is 22.8 Å². The number of aromatic hydroxyl groups is 1. The van der Waals surface area contributed by atoms with Crippen molar-refractivity contribution >= 4 is 11.8 Å². The van der Waals surface area contributed by atoms with Gasteiger partial charge in [0.05, 0.1) is 5.56 Å². The number of benzene rings is 1. The van der Waals surface area contributed by atoms with Crippen LogP contribution in [0.4, 0.5) is 0 Å². The molecule has 0 saturated heterocycles. The summed E-state index contributed by atoms with van der Waals surface area (Å²) in [6.07, 6.45) is 0.108. The largest absolute Gasteiger partial charge is 0.507 e. The highest BCUT2D eigenvalue weighted by atomic mass is 16.5. The second-order valence-corrected chi connectivity index (χ2v) is 3.97. The van der Waals surface area contributed by atoms with Gasteiger partial charge in [-0.3, -0.25) is 4.79 Å². The lowest BCUT2D eigenvalue weighted by atomic mass is 10.1. The molecule has 0 bridgehead atoms. The molecule has 0 aromatic heterocycles. The minimum absolute atomic E-state index is 0.185. The number of carbonyl (C=O) groups is 2. The Kier molecular flexibility index (Phi) is 4.71. The second-order valence-electron chi connectivity index (χ2n) is 3.97. The molecule has 1 rings (SSSR count). The fraction of sp³-hybridized carbons (Fsp3) is 0.385. The van der Waals surface area contributed by atoms with Crippen molar-refractivity contribution in [3.05, 3.63) is 23.8 Å². The summed E-state index contributed by atoms with van der Waals surface area (Å²) in [4.78, 5) is 22.0. The van der Waals surface area contributed by atoms with Gasteiger partial charge in [-0.2, -0.15) is 0 Å². The summed E-state index contributed by atoms with van der Waals surface area (Å²) in [6.45, 7) is 3.20. The number of rotatable bonds is 6. The van der Waals surface area contributed by atoms with Crippen LogP contribution in [-0.2, 0) is 4.79 Å². The van der Waals surface area contributed by atoms with Crippen LogP contribution in [0.2, 0.25) is 0 Å². The van der Waals surface area contributed by atoms with E-state index in [2.05, 4.69) is 0 Å². The van der Waals surface area contributed by atoms with Crippen molar-refractivity contribution in [2.75, 3.05) is 0 Å². The Morgan fingerprint density at radius 2 is 2.06 bits per heavy atom. The van der Waals surface area contributed by atoms with Gasteiger partial charge < -0.3 is 14.9 Å². The first kappa shape index (κ1) is 14.0. The monoisotopic (exact) mass is 252 g/mol. The average Bonchev–Trinajstić information content (AvgIpc) is 2.27. The van der Waals surface area contributed by atoms with Crippen LogP contribution < -0.4 is 4.74 Å². The third kappa shape index (κ3) is 3.48. The third-order valence-electron chi connectivity index (χ3n) is 2.45. The van der Waals surface area contributed by atoms with Crippen LogP contribution in [0.15, 0.2) is 18.2 Å². The van der Waals surface area contributed by atoms with E-state index in [0.717, 1.165) is 0 Å². The molecular weight excluding hydrogens is 236 g/mol. The number of ketones is 1. The van der Waals surface area contributed by atoms with Gasteiger partial charge in [0.25, 0.3) is 0 Å². The highest BCUT2D eigenvalue weighted by molar-refractivity contribution is 5.96. The van der Waals surface area contributed by atoms with Crippen molar-refractivity contribution in [3.63, 3.8) is 0 Å². The molecule has 0 aliphatic heterocycles. The van der Waals surface area contributed by atoms with E-state index in [1.54, 1.807) is 0 Å². The molecule has 1 atom stereocenters. The van der Waals surface area contributed by atoms with E-state index < -0.39 is 12.1 Å². The molecule has 1 unspecified atom stereocenters. The number of carboxylic acids is 1. The predicted molar refractivity (Wildman–Crippen MR) is 65.1 cm³/mol. The summed E-state index contributed by atoms with van der Waals surface area (Å²) >= 11 is 0. The van der Waals surface area contributed by atoms with Gasteiger partial charge in [-0.05, 0) is 25.5 Å². The van der Waals surface area contributed by atoms with Crippen molar-refractivity contribution in [3.8, 4) is 11.5 Å². The fourth-order valence-electron chi connectivity index (χ4n) is 1.54. The molecule has 2 N–H and O–H groups in total. The summed E-state index contributed by atoms with van der Waals surface area (Å²) in [6, 6.07) is 4.14. The number of Topliss-reactive ketones (excluding diaryl/α,β-unsaturated/α-hetero) is 1. The van der Waals surface area contributed by atoms with Gasteiger partial charge in [0.15, 0.2) is 11.9 Å². The molecule has 0 saturated carbocycles. The lowest BCUT2D eigenvalue weighted by Crippen LogP contribution is -2.26. The summed E-state index contributed by atoms with van der Waals surface area (Å²) in [5.74, 6) is -1.28. The second kappa shape index (κ2) is 6.05. The number of carboxylic acid groups (broad SMARTS) is 1. The van der Waals surface area contributed by atoms with E-state index >= 15 is 0 Å². The topological polar surface area (TPSA) is 83.8 Å². The minimum atomic E-state index is -1.05. The number of hydrogen-bond acceptors (Lipinski definition) is 4. The quantitative estimate of drug-likeness (QED) is 0.758. The molecule has 0 spiro atoms. The number of phenols is 1. The van der Waals surface area contributed by atoms with Gasteiger partial charge >= 0.3 is 5.97 Å². The first-order valence-electron chi connectivity index (χ1n) is 5.69. The van der Waals surface area contributed by atoms with Crippen LogP contribution >= 0.6 is 0 Å². The molecule has 5 nitrogen and oxygen atoms in total. The molecule has 1 aromatic carbocycles. The lowest BCUT2D eigenvalue weighted by Gasteiger charge is -2.14. The summed E-state index contributed by atoms with van der Waals surface area (Å²) in [5, 5.41) is 18.5. The van der Waals surface area contributed by atoms with Crippen LogP contribution in [0.3, 0.4) is 0 Å². The van der Waals surface area contributed by atoms with Crippen molar-refractivity contribution in [1.29, 1.82) is 0 Å². The molecule has 5 heteroatoms. The van der Waals surface area contributed by atoms with Crippen molar-refractivity contribution in [2.45, 2.75) is 32.8 Å². The third-order valence-corrected chi connectivity index (χ3v) is 2.45. The van der Waals surface area contributed by atoms with Gasteiger partial charge in [0, 0.05) is 6.07 Å². The van der Waals surface area contributed by atoms with Crippen LogP contribution in [0.5, 0.6) is 11.5 Å². The zero-order chi connectivity index (χ0) is 13.7.